The van der Waals surface area contributed by atoms with Crippen LogP contribution in [0, 0.1) is 0 Å². The molecule has 0 radical (unpaired) electrons. The first-order chi connectivity index (χ1) is 8.40. The highest BCUT2D eigenvalue weighted by Crippen LogP contribution is 2.34. The van der Waals surface area contributed by atoms with E-state index in [1.807, 2.05) is 0 Å². The highest BCUT2D eigenvalue weighted by Gasteiger charge is 2.52. The number of aliphatic hydroxyl groups is 3. The highest BCUT2D eigenvalue weighted by atomic mass is 16.6. The number of rotatable bonds is 2. The topological polar surface area (TPSA) is 131 Å². The predicted octanol–water partition coefficient (Wildman–Crippen LogP) is -2.39. The number of anilines is 1. The van der Waals surface area contributed by atoms with Gasteiger partial charge in [-0.3, -0.25) is 4.57 Å². The Kier molecular flexibility index (Phi) is 3.11. The molecule has 1 aromatic heterocycles. The van der Waals surface area contributed by atoms with Crippen molar-refractivity contribution >= 4 is 5.82 Å². The van der Waals surface area contributed by atoms with Crippen LogP contribution >= 0.6 is 0 Å². The molecule has 100 valence electrons. The minimum atomic E-state index is -1.50. The third-order valence-corrected chi connectivity index (χ3v) is 3.13. The fourth-order valence-corrected chi connectivity index (χ4v) is 2.06. The number of nitrogen functional groups attached to an aromatic ring is 1. The Bertz CT molecular complexity index is 505. The van der Waals surface area contributed by atoms with Gasteiger partial charge in [-0.25, -0.2) is 4.79 Å². The van der Waals surface area contributed by atoms with Crippen LogP contribution in [0.3, 0.4) is 0 Å². The molecule has 0 amide bonds. The lowest BCUT2D eigenvalue weighted by molar-refractivity contribution is -0.137. The number of nitrogens with zero attached hydrogens (tertiary/aromatic N) is 2. The van der Waals surface area contributed by atoms with Crippen molar-refractivity contribution in [2.24, 2.45) is 0 Å². The van der Waals surface area contributed by atoms with E-state index in [2.05, 4.69) is 4.98 Å². The first-order valence-electron chi connectivity index (χ1n) is 5.40. The molecule has 18 heavy (non-hydrogen) atoms. The van der Waals surface area contributed by atoms with E-state index >= 15 is 0 Å². The van der Waals surface area contributed by atoms with E-state index in [-0.39, 0.29) is 5.82 Å². The third-order valence-electron chi connectivity index (χ3n) is 3.13. The number of aliphatic hydroxyl groups excluding tert-OH is 3. The highest BCUT2D eigenvalue weighted by molar-refractivity contribution is 5.24. The average Bonchev–Trinajstić information content (AvgIpc) is 2.54. The first kappa shape index (κ1) is 13.0. The fraction of sp³-hybridized carbons (Fsp3) is 0.600. The normalized spacial score (nSPS) is 35.9. The molecule has 0 saturated carbocycles. The van der Waals surface area contributed by atoms with Crippen molar-refractivity contribution in [2.75, 3.05) is 12.3 Å². The maximum absolute atomic E-state index is 11.7. The van der Waals surface area contributed by atoms with Crippen LogP contribution in [0.15, 0.2) is 17.1 Å². The van der Waals surface area contributed by atoms with E-state index < -0.39 is 36.3 Å². The number of nitrogens with two attached hydrogens (primary N) is 1. The second-order valence-electron chi connectivity index (χ2n) is 4.33. The zero-order chi connectivity index (χ0) is 13.5. The first-order valence-corrected chi connectivity index (χ1v) is 5.40. The van der Waals surface area contributed by atoms with Crippen LogP contribution in [-0.2, 0) is 10.5 Å². The lowest BCUT2D eigenvalue weighted by atomic mass is 10.0. The second-order valence-corrected chi connectivity index (χ2v) is 4.33. The summed E-state index contributed by atoms with van der Waals surface area (Å²) in [5.74, 6) is 0.0478. The lowest BCUT2D eigenvalue weighted by Gasteiger charge is -2.29. The van der Waals surface area contributed by atoms with Crippen molar-refractivity contribution in [3.63, 3.8) is 0 Å². The summed E-state index contributed by atoms with van der Waals surface area (Å²) in [4.78, 5) is 15.2. The smallest absolute Gasteiger partial charge is 0.351 e. The van der Waals surface area contributed by atoms with Gasteiger partial charge in [0.05, 0.1) is 6.61 Å². The van der Waals surface area contributed by atoms with Crippen molar-refractivity contribution < 1.29 is 20.1 Å². The summed E-state index contributed by atoms with van der Waals surface area (Å²) in [7, 11) is 0. The number of hydrogen-bond acceptors (Lipinski definition) is 7. The molecular formula is C10H15N3O5. The summed E-state index contributed by atoms with van der Waals surface area (Å²) >= 11 is 0. The molecule has 1 fully saturated rings. The number of aromatic nitrogens is 2. The maximum atomic E-state index is 11.7. The molecule has 1 aliphatic rings. The van der Waals surface area contributed by atoms with Crippen molar-refractivity contribution in [1.82, 2.24) is 9.55 Å². The number of ether oxygens (including phenoxy) is 1. The largest absolute Gasteiger partial charge is 0.394 e. The lowest BCUT2D eigenvalue weighted by Crippen LogP contribution is -2.48. The summed E-state index contributed by atoms with van der Waals surface area (Å²) in [5.41, 5.74) is 3.17. The molecule has 0 aliphatic carbocycles. The van der Waals surface area contributed by atoms with Crippen LogP contribution in [0.25, 0.3) is 0 Å². The molecule has 2 rings (SSSR count). The molecule has 8 heteroatoms. The SMILES string of the molecule is C[C@@]1(n2ccc(N)nc2=O)O[C@H](CO)[C@@H](O)[C@@H]1O. The quantitative estimate of drug-likeness (QED) is 0.465. The molecular weight excluding hydrogens is 242 g/mol. The van der Waals surface area contributed by atoms with Gasteiger partial charge in [-0.15, -0.1) is 0 Å². The summed E-state index contributed by atoms with van der Waals surface area (Å²) in [6, 6.07) is 1.38. The van der Waals surface area contributed by atoms with Crippen LogP contribution in [0.5, 0.6) is 0 Å². The Morgan fingerprint density at radius 2 is 2.28 bits per heavy atom. The van der Waals surface area contributed by atoms with Gasteiger partial charge in [-0.2, -0.15) is 4.98 Å². The Hall–Kier alpha value is -1.48. The van der Waals surface area contributed by atoms with Crippen molar-refractivity contribution in [2.45, 2.75) is 31.0 Å². The third kappa shape index (κ3) is 1.79. The minimum Gasteiger partial charge on any atom is -0.394 e. The zero-order valence-corrected chi connectivity index (χ0v) is 9.72. The van der Waals surface area contributed by atoms with Gasteiger partial charge in [-0.1, -0.05) is 0 Å². The molecule has 0 aromatic carbocycles. The average molecular weight is 257 g/mol. The van der Waals surface area contributed by atoms with Crippen LogP contribution in [0.4, 0.5) is 5.82 Å². The van der Waals surface area contributed by atoms with E-state index in [1.165, 1.54) is 19.2 Å². The second kappa shape index (κ2) is 4.32. The Morgan fingerprint density at radius 3 is 2.78 bits per heavy atom. The Labute approximate surface area is 102 Å². The standard InChI is InChI=1S/C10H15N3O5/c1-10(8(16)7(15)5(4-14)18-10)13-3-2-6(11)12-9(13)17/h2-3,5,7-8,14-16H,4H2,1H3,(H2,11,12,17)/t5-,7-,8+,10-/m1/s1. The van der Waals surface area contributed by atoms with Gasteiger partial charge in [0.1, 0.15) is 24.1 Å². The van der Waals surface area contributed by atoms with Gasteiger partial charge in [0.2, 0.25) is 0 Å². The summed E-state index contributed by atoms with van der Waals surface area (Å²) < 4.78 is 6.40. The van der Waals surface area contributed by atoms with E-state index in [0.29, 0.717) is 0 Å². The van der Waals surface area contributed by atoms with E-state index in [0.717, 1.165) is 4.57 Å². The van der Waals surface area contributed by atoms with Crippen LogP contribution in [-0.4, -0.2) is 49.8 Å². The summed E-state index contributed by atoms with van der Waals surface area (Å²) in [6.45, 7) is 0.959. The predicted molar refractivity (Wildman–Crippen MR) is 60.5 cm³/mol. The fourth-order valence-electron chi connectivity index (χ4n) is 2.06. The van der Waals surface area contributed by atoms with Gasteiger partial charge in [0, 0.05) is 6.20 Å². The van der Waals surface area contributed by atoms with Gasteiger partial charge in [-0.05, 0) is 13.0 Å². The molecule has 0 unspecified atom stereocenters. The van der Waals surface area contributed by atoms with Gasteiger partial charge < -0.3 is 25.8 Å². The molecule has 0 bridgehead atoms. The van der Waals surface area contributed by atoms with Crippen LogP contribution in [0.1, 0.15) is 6.92 Å². The minimum absolute atomic E-state index is 0.0478. The van der Waals surface area contributed by atoms with Crippen molar-refractivity contribution in [3.8, 4) is 0 Å². The summed E-state index contributed by atoms with van der Waals surface area (Å²) in [5, 5.41) is 28.7. The Morgan fingerprint density at radius 1 is 1.61 bits per heavy atom. The van der Waals surface area contributed by atoms with Gasteiger partial charge >= 0.3 is 5.69 Å². The van der Waals surface area contributed by atoms with Crippen LogP contribution < -0.4 is 11.4 Å². The van der Waals surface area contributed by atoms with Gasteiger partial charge in [0.15, 0.2) is 5.72 Å². The molecule has 0 spiro atoms. The molecule has 1 aliphatic heterocycles. The van der Waals surface area contributed by atoms with E-state index in [9.17, 15) is 15.0 Å². The van der Waals surface area contributed by atoms with Crippen molar-refractivity contribution in [1.29, 1.82) is 0 Å². The number of hydrogen-bond donors (Lipinski definition) is 4. The molecule has 1 aromatic rings. The Balaban J connectivity index is 2.46. The monoisotopic (exact) mass is 257 g/mol. The molecule has 5 N–H and O–H groups in total. The maximum Gasteiger partial charge on any atom is 0.351 e. The molecule has 4 atom stereocenters. The summed E-state index contributed by atoms with van der Waals surface area (Å²) in [6.07, 6.45) is -2.29. The molecule has 1 saturated heterocycles. The van der Waals surface area contributed by atoms with Crippen molar-refractivity contribution in [3.05, 3.63) is 22.7 Å². The van der Waals surface area contributed by atoms with E-state index in [1.54, 1.807) is 0 Å². The van der Waals surface area contributed by atoms with E-state index in [4.69, 9.17) is 15.6 Å². The van der Waals surface area contributed by atoms with Crippen LogP contribution in [0.2, 0.25) is 0 Å². The molecule has 8 nitrogen and oxygen atoms in total. The zero-order valence-electron chi connectivity index (χ0n) is 9.72. The van der Waals surface area contributed by atoms with Gasteiger partial charge in [0.25, 0.3) is 0 Å². The molecule has 2 heterocycles.